The van der Waals surface area contributed by atoms with Crippen molar-refractivity contribution in [2.75, 3.05) is 24.6 Å². The van der Waals surface area contributed by atoms with E-state index in [-0.39, 0.29) is 5.69 Å². The van der Waals surface area contributed by atoms with Crippen LogP contribution in [0, 0.1) is 18.8 Å². The number of pyridine rings is 1. The molecular weight excluding hydrogens is 306 g/mol. The van der Waals surface area contributed by atoms with Gasteiger partial charge in [-0.3, -0.25) is 0 Å². The number of hydrogen-bond donors (Lipinski definition) is 0. The van der Waals surface area contributed by atoms with Gasteiger partial charge in [0.2, 0.25) is 0 Å². The smallest absolute Gasteiger partial charge is 0.360 e. The zero-order valence-corrected chi connectivity index (χ0v) is 14.0. The first-order valence-electron chi connectivity index (χ1n) is 8.41. The lowest BCUT2D eigenvalue weighted by molar-refractivity contribution is 0.0519. The average molecular weight is 327 g/mol. The first-order chi connectivity index (χ1) is 11.6. The topological polar surface area (TPSA) is 73.1 Å². The number of carbonyl (C=O) groups is 1. The van der Waals surface area contributed by atoms with Crippen molar-refractivity contribution in [3.63, 3.8) is 0 Å². The number of nitrogens with zero attached hydrogens (tertiary/aromatic N) is 5. The summed E-state index contributed by atoms with van der Waals surface area (Å²) in [6.07, 6.45) is 4.91. The van der Waals surface area contributed by atoms with E-state index in [4.69, 9.17) is 4.74 Å². The van der Waals surface area contributed by atoms with Gasteiger partial charge in [0, 0.05) is 19.3 Å². The van der Waals surface area contributed by atoms with E-state index < -0.39 is 5.97 Å². The van der Waals surface area contributed by atoms with Crippen molar-refractivity contribution in [2.24, 2.45) is 11.8 Å². The Morgan fingerprint density at radius 3 is 2.88 bits per heavy atom. The van der Waals surface area contributed by atoms with E-state index in [1.54, 1.807) is 17.8 Å². The van der Waals surface area contributed by atoms with E-state index in [9.17, 15) is 4.79 Å². The Labute approximate surface area is 140 Å². The molecule has 7 heteroatoms. The summed E-state index contributed by atoms with van der Waals surface area (Å²) in [6, 6.07) is 2.14. The van der Waals surface area contributed by atoms with Crippen molar-refractivity contribution in [1.29, 1.82) is 0 Å². The standard InChI is InChI=1S/C17H21N5O2/c1-3-24-17(23)15-10-22(20-19-15)9-14-6-18-16(4-11(14)2)21-7-12-5-13(12)8-21/h4,6,10,12-13H,3,5,7-9H2,1-2H3. The molecule has 0 spiro atoms. The quantitative estimate of drug-likeness (QED) is 0.778. The molecule has 0 aromatic carbocycles. The first-order valence-corrected chi connectivity index (χ1v) is 8.41. The molecule has 2 aromatic rings. The molecule has 1 saturated heterocycles. The largest absolute Gasteiger partial charge is 0.461 e. The molecule has 24 heavy (non-hydrogen) atoms. The molecule has 0 amide bonds. The normalized spacial score (nSPS) is 21.7. The molecule has 1 aliphatic carbocycles. The molecule has 7 nitrogen and oxygen atoms in total. The molecule has 0 bridgehead atoms. The Hall–Kier alpha value is -2.44. The van der Waals surface area contributed by atoms with Gasteiger partial charge in [-0.15, -0.1) is 5.10 Å². The summed E-state index contributed by atoms with van der Waals surface area (Å²) in [5.74, 6) is 2.40. The summed E-state index contributed by atoms with van der Waals surface area (Å²) in [6.45, 7) is 7.00. The van der Waals surface area contributed by atoms with Crippen LogP contribution in [0.4, 0.5) is 5.82 Å². The third-order valence-electron chi connectivity index (χ3n) is 4.86. The molecule has 2 fully saturated rings. The van der Waals surface area contributed by atoms with Crippen molar-refractivity contribution >= 4 is 11.8 Å². The fourth-order valence-electron chi connectivity index (χ4n) is 3.34. The molecule has 2 unspecified atom stereocenters. The first kappa shape index (κ1) is 15.1. The van der Waals surface area contributed by atoms with Crippen molar-refractivity contribution in [3.05, 3.63) is 35.3 Å². The second-order valence-corrected chi connectivity index (χ2v) is 6.65. The van der Waals surface area contributed by atoms with Crippen LogP contribution in [-0.4, -0.2) is 45.6 Å². The molecule has 4 rings (SSSR count). The number of esters is 1. The third kappa shape index (κ3) is 2.86. The predicted octanol–water partition coefficient (Wildman–Crippen LogP) is 1.66. The number of ether oxygens (including phenoxy) is 1. The van der Waals surface area contributed by atoms with Crippen molar-refractivity contribution in [3.8, 4) is 0 Å². The minimum Gasteiger partial charge on any atom is -0.461 e. The molecule has 1 saturated carbocycles. The van der Waals surface area contributed by atoms with Crippen LogP contribution in [-0.2, 0) is 11.3 Å². The maximum Gasteiger partial charge on any atom is 0.360 e. The molecule has 2 aromatic heterocycles. The minimum absolute atomic E-state index is 0.232. The zero-order chi connectivity index (χ0) is 16.7. The summed E-state index contributed by atoms with van der Waals surface area (Å²) < 4.78 is 6.57. The van der Waals surface area contributed by atoms with Gasteiger partial charge >= 0.3 is 5.97 Å². The van der Waals surface area contributed by atoms with Crippen LogP contribution in [0.3, 0.4) is 0 Å². The Bertz CT molecular complexity index is 762. The lowest BCUT2D eigenvalue weighted by atomic mass is 10.1. The predicted molar refractivity (Wildman–Crippen MR) is 87.9 cm³/mol. The summed E-state index contributed by atoms with van der Waals surface area (Å²) in [5, 5.41) is 7.86. The fraction of sp³-hybridized carbons (Fsp3) is 0.529. The Morgan fingerprint density at radius 2 is 2.17 bits per heavy atom. The van der Waals surface area contributed by atoms with Crippen LogP contribution >= 0.6 is 0 Å². The number of hydrogen-bond acceptors (Lipinski definition) is 6. The van der Waals surface area contributed by atoms with Gasteiger partial charge in [0.15, 0.2) is 5.69 Å². The van der Waals surface area contributed by atoms with Gasteiger partial charge in [0.25, 0.3) is 0 Å². The van der Waals surface area contributed by atoms with Gasteiger partial charge in [-0.05, 0) is 49.3 Å². The monoisotopic (exact) mass is 327 g/mol. The fourth-order valence-corrected chi connectivity index (χ4v) is 3.34. The minimum atomic E-state index is -0.443. The number of fused-ring (bicyclic) bond motifs is 1. The number of aryl methyl sites for hydroxylation is 1. The Kier molecular flexibility index (Phi) is 3.70. The van der Waals surface area contributed by atoms with Gasteiger partial charge < -0.3 is 9.64 Å². The van der Waals surface area contributed by atoms with Crippen LogP contribution < -0.4 is 4.90 Å². The summed E-state index contributed by atoms with van der Waals surface area (Å²) in [5.41, 5.74) is 2.48. The van der Waals surface area contributed by atoms with E-state index in [0.29, 0.717) is 13.2 Å². The molecule has 1 aliphatic heterocycles. The number of rotatable bonds is 5. The highest BCUT2D eigenvalue weighted by molar-refractivity contribution is 5.86. The molecule has 2 aliphatic rings. The highest BCUT2D eigenvalue weighted by atomic mass is 16.5. The summed E-state index contributed by atoms with van der Waals surface area (Å²) in [4.78, 5) is 18.6. The van der Waals surface area contributed by atoms with E-state index in [1.807, 2.05) is 6.20 Å². The van der Waals surface area contributed by atoms with Crippen LogP contribution in [0.25, 0.3) is 0 Å². The van der Waals surface area contributed by atoms with Crippen LogP contribution in [0.5, 0.6) is 0 Å². The highest BCUT2D eigenvalue weighted by Crippen LogP contribution is 2.45. The zero-order valence-electron chi connectivity index (χ0n) is 14.0. The van der Waals surface area contributed by atoms with Gasteiger partial charge in [-0.2, -0.15) is 0 Å². The van der Waals surface area contributed by atoms with Crippen LogP contribution in [0.15, 0.2) is 18.5 Å². The maximum absolute atomic E-state index is 11.6. The molecular formula is C17H21N5O2. The SMILES string of the molecule is CCOC(=O)c1cn(Cc2cnc(N3CC4CC4C3)cc2C)nn1. The number of anilines is 1. The van der Waals surface area contributed by atoms with Crippen LogP contribution in [0.1, 0.15) is 35.0 Å². The van der Waals surface area contributed by atoms with Crippen LogP contribution in [0.2, 0.25) is 0 Å². The van der Waals surface area contributed by atoms with Crippen molar-refractivity contribution in [2.45, 2.75) is 26.8 Å². The van der Waals surface area contributed by atoms with Gasteiger partial charge in [-0.1, -0.05) is 5.21 Å². The molecule has 2 atom stereocenters. The average Bonchev–Trinajstić information content (AvgIpc) is 2.98. The maximum atomic E-state index is 11.6. The van der Waals surface area contributed by atoms with E-state index in [1.165, 1.54) is 12.0 Å². The van der Waals surface area contributed by atoms with E-state index >= 15 is 0 Å². The van der Waals surface area contributed by atoms with Gasteiger partial charge in [0.05, 0.1) is 19.3 Å². The molecule has 0 N–H and O–H groups in total. The molecule has 126 valence electrons. The van der Waals surface area contributed by atoms with Gasteiger partial charge in [-0.25, -0.2) is 14.5 Å². The Morgan fingerprint density at radius 1 is 1.38 bits per heavy atom. The third-order valence-corrected chi connectivity index (χ3v) is 4.86. The lowest BCUT2D eigenvalue weighted by Gasteiger charge is -2.20. The number of piperidine rings is 1. The number of aromatic nitrogens is 4. The number of carbonyl (C=O) groups excluding carboxylic acids is 1. The van der Waals surface area contributed by atoms with Gasteiger partial charge in [0.1, 0.15) is 5.82 Å². The highest BCUT2D eigenvalue weighted by Gasteiger charge is 2.45. The van der Waals surface area contributed by atoms with Crippen molar-refractivity contribution in [1.82, 2.24) is 20.0 Å². The van der Waals surface area contributed by atoms with E-state index in [2.05, 4.69) is 33.2 Å². The summed E-state index contributed by atoms with van der Waals surface area (Å²) >= 11 is 0. The second kappa shape index (κ2) is 5.89. The Balaban J connectivity index is 1.45. The second-order valence-electron chi connectivity index (χ2n) is 6.65. The molecule has 0 radical (unpaired) electrons. The van der Waals surface area contributed by atoms with Crippen molar-refractivity contribution < 1.29 is 9.53 Å². The summed E-state index contributed by atoms with van der Waals surface area (Å²) in [7, 11) is 0. The van der Waals surface area contributed by atoms with E-state index in [0.717, 1.165) is 36.3 Å². The lowest BCUT2D eigenvalue weighted by Crippen LogP contribution is -2.23. The molecule has 3 heterocycles.